The Hall–Kier alpha value is -0.930. The third kappa shape index (κ3) is 3.30. The number of phenols is 1. The SMILES string of the molecule is COc1cc(O)ccc1[C@@H](N)C1CCCCC1.Cl. The van der Waals surface area contributed by atoms with Crippen molar-refractivity contribution in [3.05, 3.63) is 23.8 Å². The molecule has 3 nitrogen and oxygen atoms in total. The number of nitrogens with two attached hydrogens (primary N) is 1. The van der Waals surface area contributed by atoms with E-state index in [9.17, 15) is 5.11 Å². The molecule has 0 unspecified atom stereocenters. The van der Waals surface area contributed by atoms with Gasteiger partial charge in [-0.15, -0.1) is 12.4 Å². The Morgan fingerprint density at radius 2 is 1.94 bits per heavy atom. The van der Waals surface area contributed by atoms with Crippen LogP contribution in [-0.4, -0.2) is 12.2 Å². The fourth-order valence-corrected chi connectivity index (χ4v) is 2.72. The Balaban J connectivity index is 0.00000162. The topological polar surface area (TPSA) is 55.5 Å². The van der Waals surface area contributed by atoms with Crippen LogP contribution in [0.3, 0.4) is 0 Å². The van der Waals surface area contributed by atoms with E-state index in [2.05, 4.69) is 0 Å². The summed E-state index contributed by atoms with van der Waals surface area (Å²) < 4.78 is 5.30. The third-order valence-corrected chi connectivity index (χ3v) is 3.73. The van der Waals surface area contributed by atoms with E-state index in [1.54, 1.807) is 19.2 Å². The molecule has 1 aromatic carbocycles. The van der Waals surface area contributed by atoms with Gasteiger partial charge in [0.2, 0.25) is 0 Å². The van der Waals surface area contributed by atoms with E-state index in [4.69, 9.17) is 10.5 Å². The van der Waals surface area contributed by atoms with Crippen molar-refractivity contribution in [3.8, 4) is 11.5 Å². The molecule has 0 aromatic heterocycles. The number of hydrogen-bond acceptors (Lipinski definition) is 3. The van der Waals surface area contributed by atoms with Gasteiger partial charge in [-0.3, -0.25) is 0 Å². The first-order valence-corrected chi connectivity index (χ1v) is 6.35. The van der Waals surface area contributed by atoms with Gasteiger partial charge in [0.1, 0.15) is 11.5 Å². The highest BCUT2D eigenvalue weighted by molar-refractivity contribution is 5.85. The predicted octanol–water partition coefficient (Wildman–Crippen LogP) is 3.40. The molecule has 1 atom stereocenters. The molecule has 18 heavy (non-hydrogen) atoms. The monoisotopic (exact) mass is 271 g/mol. The average Bonchev–Trinajstić information content (AvgIpc) is 2.39. The molecule has 1 fully saturated rings. The molecule has 1 aromatic rings. The van der Waals surface area contributed by atoms with E-state index in [0.717, 1.165) is 5.56 Å². The van der Waals surface area contributed by atoms with Crippen molar-refractivity contribution in [1.29, 1.82) is 0 Å². The number of halogens is 1. The highest BCUT2D eigenvalue weighted by Gasteiger charge is 2.24. The maximum atomic E-state index is 9.44. The lowest BCUT2D eigenvalue weighted by atomic mass is 9.81. The number of rotatable bonds is 3. The van der Waals surface area contributed by atoms with Gasteiger partial charge in [0.25, 0.3) is 0 Å². The number of aromatic hydroxyl groups is 1. The first-order chi connectivity index (χ1) is 8.22. The lowest BCUT2D eigenvalue weighted by Crippen LogP contribution is -2.24. The van der Waals surface area contributed by atoms with Crippen molar-refractivity contribution >= 4 is 12.4 Å². The van der Waals surface area contributed by atoms with Crippen LogP contribution in [0.5, 0.6) is 11.5 Å². The minimum Gasteiger partial charge on any atom is -0.508 e. The lowest BCUT2D eigenvalue weighted by Gasteiger charge is -2.28. The molecule has 0 heterocycles. The zero-order chi connectivity index (χ0) is 12.3. The van der Waals surface area contributed by atoms with Crippen molar-refractivity contribution in [3.63, 3.8) is 0 Å². The summed E-state index contributed by atoms with van der Waals surface area (Å²) in [7, 11) is 1.62. The fourth-order valence-electron chi connectivity index (χ4n) is 2.72. The molecule has 4 heteroatoms. The Kier molecular flexibility index (Phi) is 5.76. The summed E-state index contributed by atoms with van der Waals surface area (Å²) >= 11 is 0. The summed E-state index contributed by atoms with van der Waals surface area (Å²) in [6, 6.07) is 5.22. The second kappa shape index (κ2) is 6.86. The highest BCUT2D eigenvalue weighted by Crippen LogP contribution is 2.37. The molecule has 0 aliphatic heterocycles. The zero-order valence-corrected chi connectivity index (χ0v) is 11.6. The molecular formula is C14H22ClNO2. The summed E-state index contributed by atoms with van der Waals surface area (Å²) in [6.45, 7) is 0. The molecule has 3 N–H and O–H groups in total. The number of methoxy groups -OCH3 is 1. The van der Waals surface area contributed by atoms with Crippen LogP contribution < -0.4 is 10.5 Å². The van der Waals surface area contributed by atoms with Crippen LogP contribution in [0.4, 0.5) is 0 Å². The number of phenolic OH excluding ortho intramolecular Hbond substituents is 1. The minimum atomic E-state index is 0. The van der Waals surface area contributed by atoms with Gasteiger partial charge in [-0.25, -0.2) is 0 Å². The molecule has 1 aliphatic rings. The first-order valence-electron chi connectivity index (χ1n) is 6.35. The molecule has 0 amide bonds. The van der Waals surface area contributed by atoms with Crippen LogP contribution in [-0.2, 0) is 0 Å². The van der Waals surface area contributed by atoms with Gasteiger partial charge in [-0.1, -0.05) is 25.3 Å². The molecule has 0 spiro atoms. The van der Waals surface area contributed by atoms with E-state index < -0.39 is 0 Å². The summed E-state index contributed by atoms with van der Waals surface area (Å²) in [4.78, 5) is 0. The van der Waals surface area contributed by atoms with Crippen LogP contribution in [0, 0.1) is 5.92 Å². The summed E-state index contributed by atoms with van der Waals surface area (Å²) in [5, 5.41) is 9.44. The predicted molar refractivity (Wildman–Crippen MR) is 75.4 cm³/mol. The third-order valence-electron chi connectivity index (χ3n) is 3.73. The summed E-state index contributed by atoms with van der Waals surface area (Å²) in [5.74, 6) is 1.46. The standard InChI is InChI=1S/C14H21NO2.ClH/c1-17-13-9-11(16)7-8-12(13)14(15)10-5-3-2-4-6-10;/h7-10,14,16H,2-6,15H2,1H3;1H/t14-;/m0./s1. The Labute approximate surface area is 115 Å². The fraction of sp³-hybridized carbons (Fsp3) is 0.571. The summed E-state index contributed by atoms with van der Waals surface area (Å²) in [6.07, 6.45) is 6.28. The van der Waals surface area contributed by atoms with Crippen molar-refractivity contribution in [1.82, 2.24) is 0 Å². The molecule has 2 rings (SSSR count). The van der Waals surface area contributed by atoms with Crippen molar-refractivity contribution in [2.75, 3.05) is 7.11 Å². The molecule has 0 bridgehead atoms. The van der Waals surface area contributed by atoms with Gasteiger partial charge < -0.3 is 15.6 Å². The van der Waals surface area contributed by atoms with E-state index in [0.29, 0.717) is 11.7 Å². The highest BCUT2D eigenvalue weighted by atomic mass is 35.5. The number of ether oxygens (including phenoxy) is 1. The smallest absolute Gasteiger partial charge is 0.127 e. The molecule has 1 aliphatic carbocycles. The second-order valence-electron chi connectivity index (χ2n) is 4.85. The minimum absolute atomic E-state index is 0. The molecule has 1 saturated carbocycles. The second-order valence-corrected chi connectivity index (χ2v) is 4.85. The molecular weight excluding hydrogens is 250 g/mol. The quantitative estimate of drug-likeness (QED) is 0.886. The molecule has 102 valence electrons. The summed E-state index contributed by atoms with van der Waals surface area (Å²) in [5.41, 5.74) is 7.35. The lowest BCUT2D eigenvalue weighted by molar-refractivity contribution is 0.300. The normalized spacial score (nSPS) is 17.9. The van der Waals surface area contributed by atoms with Gasteiger partial charge in [-0.2, -0.15) is 0 Å². The Morgan fingerprint density at radius 3 is 2.56 bits per heavy atom. The van der Waals surface area contributed by atoms with Gasteiger partial charge in [0.15, 0.2) is 0 Å². The van der Waals surface area contributed by atoms with E-state index in [-0.39, 0.29) is 24.2 Å². The van der Waals surface area contributed by atoms with Crippen LogP contribution >= 0.6 is 12.4 Å². The van der Waals surface area contributed by atoms with Crippen LogP contribution in [0.15, 0.2) is 18.2 Å². The van der Waals surface area contributed by atoms with Gasteiger partial charge in [0.05, 0.1) is 7.11 Å². The largest absolute Gasteiger partial charge is 0.508 e. The first kappa shape index (κ1) is 15.1. The maximum Gasteiger partial charge on any atom is 0.127 e. The Bertz CT molecular complexity index is 378. The zero-order valence-electron chi connectivity index (χ0n) is 10.8. The van der Waals surface area contributed by atoms with Gasteiger partial charge >= 0.3 is 0 Å². The average molecular weight is 272 g/mol. The van der Waals surface area contributed by atoms with Gasteiger partial charge in [0, 0.05) is 17.7 Å². The van der Waals surface area contributed by atoms with E-state index >= 15 is 0 Å². The van der Waals surface area contributed by atoms with Crippen LogP contribution in [0.2, 0.25) is 0 Å². The molecule has 0 saturated heterocycles. The van der Waals surface area contributed by atoms with Crippen LogP contribution in [0.1, 0.15) is 43.7 Å². The van der Waals surface area contributed by atoms with Crippen molar-refractivity contribution in [2.45, 2.75) is 38.1 Å². The van der Waals surface area contributed by atoms with Crippen molar-refractivity contribution < 1.29 is 9.84 Å². The van der Waals surface area contributed by atoms with E-state index in [1.807, 2.05) is 6.07 Å². The number of benzene rings is 1. The van der Waals surface area contributed by atoms with E-state index in [1.165, 1.54) is 32.1 Å². The molecule has 0 radical (unpaired) electrons. The number of hydrogen-bond donors (Lipinski definition) is 2. The Morgan fingerprint density at radius 1 is 1.28 bits per heavy atom. The van der Waals surface area contributed by atoms with Crippen LogP contribution in [0.25, 0.3) is 0 Å². The maximum absolute atomic E-state index is 9.44. The van der Waals surface area contributed by atoms with Gasteiger partial charge in [-0.05, 0) is 24.8 Å². The van der Waals surface area contributed by atoms with Crippen molar-refractivity contribution in [2.24, 2.45) is 11.7 Å².